The van der Waals surface area contributed by atoms with Gasteiger partial charge in [-0.05, 0) is 37.3 Å². The normalized spacial score (nSPS) is 16.3. The molecule has 3 rings (SSSR count). The fourth-order valence-electron chi connectivity index (χ4n) is 4.29. The molecule has 0 bridgehead atoms. The van der Waals surface area contributed by atoms with Crippen LogP contribution in [-0.2, 0) is 11.2 Å². The molecular formula is C22H33N5O. The summed E-state index contributed by atoms with van der Waals surface area (Å²) in [5.74, 6) is 1.00. The lowest BCUT2D eigenvalue weighted by Crippen LogP contribution is -2.49. The Balaban J connectivity index is 1.47. The number of aromatic amines is 1. The number of hydrogen-bond acceptors (Lipinski definition) is 2. The first kappa shape index (κ1) is 20.2. The number of nitrogens with zero attached hydrogens (tertiary/aromatic N) is 2. The summed E-state index contributed by atoms with van der Waals surface area (Å²) in [6.07, 6.45) is 8.29. The van der Waals surface area contributed by atoms with Crippen LogP contribution in [0.4, 0.5) is 0 Å². The van der Waals surface area contributed by atoms with Crippen molar-refractivity contribution in [3.63, 3.8) is 0 Å². The fourth-order valence-corrected chi connectivity index (χ4v) is 4.29. The van der Waals surface area contributed by atoms with Crippen molar-refractivity contribution in [1.29, 1.82) is 0 Å². The first-order chi connectivity index (χ1) is 13.6. The second kappa shape index (κ2) is 9.13. The molecule has 0 spiro atoms. The first-order valence-electron chi connectivity index (χ1n) is 10.3. The molecule has 0 saturated heterocycles. The van der Waals surface area contributed by atoms with E-state index in [9.17, 15) is 4.79 Å². The molecule has 0 radical (unpaired) electrons. The number of aliphatic imine (C=N–C) groups is 1. The number of amides is 1. The number of hydrogen-bond donors (Lipinski definition) is 3. The molecule has 28 heavy (non-hydrogen) atoms. The van der Waals surface area contributed by atoms with E-state index in [0.29, 0.717) is 6.54 Å². The predicted octanol–water partition coefficient (Wildman–Crippen LogP) is 2.91. The Kier molecular flexibility index (Phi) is 6.60. The van der Waals surface area contributed by atoms with Crippen LogP contribution >= 0.6 is 0 Å². The van der Waals surface area contributed by atoms with E-state index in [4.69, 9.17) is 0 Å². The van der Waals surface area contributed by atoms with Crippen molar-refractivity contribution in [3.05, 3.63) is 36.0 Å². The molecule has 1 aliphatic rings. The summed E-state index contributed by atoms with van der Waals surface area (Å²) in [7, 11) is 5.48. The highest BCUT2D eigenvalue weighted by molar-refractivity contribution is 5.85. The Morgan fingerprint density at radius 3 is 2.68 bits per heavy atom. The summed E-state index contributed by atoms with van der Waals surface area (Å²) in [4.78, 5) is 22.1. The average Bonchev–Trinajstić information content (AvgIpc) is 3.35. The third kappa shape index (κ3) is 4.49. The van der Waals surface area contributed by atoms with Gasteiger partial charge in [0.2, 0.25) is 5.91 Å². The molecule has 6 nitrogen and oxygen atoms in total. The Morgan fingerprint density at radius 1 is 1.21 bits per heavy atom. The van der Waals surface area contributed by atoms with Crippen molar-refractivity contribution in [3.8, 4) is 0 Å². The van der Waals surface area contributed by atoms with Crippen LogP contribution in [0.25, 0.3) is 10.9 Å². The first-order valence-corrected chi connectivity index (χ1v) is 10.3. The molecule has 1 aliphatic carbocycles. The van der Waals surface area contributed by atoms with Crippen molar-refractivity contribution < 1.29 is 4.79 Å². The minimum absolute atomic E-state index is 0.229. The van der Waals surface area contributed by atoms with Crippen molar-refractivity contribution in [2.45, 2.75) is 38.5 Å². The number of aryl methyl sites for hydroxylation is 1. The highest BCUT2D eigenvalue weighted by Gasteiger charge is 2.42. The number of rotatable bonds is 7. The molecule has 0 atom stereocenters. The molecule has 1 aromatic heterocycles. The minimum atomic E-state index is -0.287. The number of fused-ring (bicyclic) bond motifs is 1. The highest BCUT2D eigenvalue weighted by atomic mass is 16.2. The molecule has 1 heterocycles. The lowest BCUT2D eigenvalue weighted by Gasteiger charge is -2.31. The topological polar surface area (TPSA) is 72.5 Å². The SMILES string of the molecule is CN=C(NCCCc1c[nH]c2ccccc12)NCC1(C(=O)N(C)C)CCCC1. The standard InChI is InChI=1S/C22H33N5O/c1-23-21(26-16-22(12-6-7-13-22)20(28)27(2)3)24-14-8-9-17-15-25-19-11-5-4-10-18(17)19/h4-5,10-11,15,25H,6-9,12-14,16H2,1-3H3,(H2,23,24,26). The second-order valence-electron chi connectivity index (χ2n) is 8.00. The van der Waals surface area contributed by atoms with Gasteiger partial charge in [0.1, 0.15) is 0 Å². The maximum Gasteiger partial charge on any atom is 0.230 e. The van der Waals surface area contributed by atoms with Crippen LogP contribution in [0.15, 0.2) is 35.5 Å². The van der Waals surface area contributed by atoms with Gasteiger partial charge >= 0.3 is 0 Å². The van der Waals surface area contributed by atoms with E-state index in [1.165, 1.54) is 16.5 Å². The molecule has 1 fully saturated rings. The van der Waals surface area contributed by atoms with E-state index in [1.807, 2.05) is 14.1 Å². The number of guanidine groups is 1. The number of para-hydroxylation sites is 1. The Hall–Kier alpha value is -2.50. The summed E-state index contributed by atoms with van der Waals surface area (Å²) in [5.41, 5.74) is 2.25. The van der Waals surface area contributed by atoms with Crippen molar-refractivity contribution in [2.24, 2.45) is 10.4 Å². The van der Waals surface area contributed by atoms with Gasteiger partial charge in [-0.25, -0.2) is 0 Å². The lowest BCUT2D eigenvalue weighted by molar-refractivity contribution is -0.138. The fraction of sp³-hybridized carbons (Fsp3) is 0.545. The molecule has 0 aliphatic heterocycles. The molecule has 6 heteroatoms. The van der Waals surface area contributed by atoms with Gasteiger partial charge in [0.25, 0.3) is 0 Å². The third-order valence-corrected chi connectivity index (χ3v) is 5.83. The van der Waals surface area contributed by atoms with E-state index in [1.54, 1.807) is 11.9 Å². The van der Waals surface area contributed by atoms with Crippen LogP contribution in [0.2, 0.25) is 0 Å². The van der Waals surface area contributed by atoms with Crippen molar-refractivity contribution >= 4 is 22.8 Å². The Morgan fingerprint density at radius 2 is 1.96 bits per heavy atom. The number of H-pyrrole nitrogens is 1. The lowest BCUT2D eigenvalue weighted by atomic mass is 9.84. The summed E-state index contributed by atoms with van der Waals surface area (Å²) in [6, 6.07) is 8.41. The van der Waals surface area contributed by atoms with Gasteiger partial charge in [-0.15, -0.1) is 0 Å². The van der Waals surface area contributed by atoms with Crippen LogP contribution in [0.1, 0.15) is 37.7 Å². The largest absolute Gasteiger partial charge is 0.361 e. The molecule has 152 valence electrons. The second-order valence-corrected chi connectivity index (χ2v) is 8.00. The smallest absolute Gasteiger partial charge is 0.230 e. The van der Waals surface area contributed by atoms with E-state index < -0.39 is 0 Å². The monoisotopic (exact) mass is 383 g/mol. The van der Waals surface area contributed by atoms with E-state index in [0.717, 1.165) is 51.0 Å². The van der Waals surface area contributed by atoms with Crippen LogP contribution in [0.3, 0.4) is 0 Å². The van der Waals surface area contributed by atoms with Gasteiger partial charge in [0.15, 0.2) is 5.96 Å². The molecule has 3 N–H and O–H groups in total. The summed E-state index contributed by atoms with van der Waals surface area (Å²) in [6.45, 7) is 1.49. The van der Waals surface area contributed by atoms with E-state index in [-0.39, 0.29) is 11.3 Å². The van der Waals surface area contributed by atoms with Gasteiger partial charge in [0.05, 0.1) is 5.41 Å². The van der Waals surface area contributed by atoms with Crippen LogP contribution < -0.4 is 10.6 Å². The summed E-state index contributed by atoms with van der Waals surface area (Å²) < 4.78 is 0. The van der Waals surface area contributed by atoms with Crippen LogP contribution in [-0.4, -0.2) is 56.0 Å². The number of nitrogens with one attached hydrogen (secondary N) is 3. The van der Waals surface area contributed by atoms with E-state index >= 15 is 0 Å². The zero-order valence-corrected chi connectivity index (χ0v) is 17.3. The van der Waals surface area contributed by atoms with Gasteiger partial charge in [-0.1, -0.05) is 31.0 Å². The highest BCUT2D eigenvalue weighted by Crippen LogP contribution is 2.38. The van der Waals surface area contributed by atoms with Crippen molar-refractivity contribution in [1.82, 2.24) is 20.5 Å². The van der Waals surface area contributed by atoms with Gasteiger partial charge in [-0.3, -0.25) is 9.79 Å². The van der Waals surface area contributed by atoms with Gasteiger partial charge in [0, 0.05) is 51.3 Å². The maximum atomic E-state index is 12.7. The minimum Gasteiger partial charge on any atom is -0.361 e. The zero-order valence-electron chi connectivity index (χ0n) is 17.3. The van der Waals surface area contributed by atoms with Gasteiger partial charge in [-0.2, -0.15) is 0 Å². The van der Waals surface area contributed by atoms with Crippen molar-refractivity contribution in [2.75, 3.05) is 34.2 Å². The summed E-state index contributed by atoms with van der Waals surface area (Å²) in [5, 5.41) is 8.09. The quantitative estimate of drug-likeness (QED) is 0.391. The maximum absolute atomic E-state index is 12.7. The summed E-state index contributed by atoms with van der Waals surface area (Å²) >= 11 is 0. The Bertz CT molecular complexity index is 817. The molecule has 0 unspecified atom stereocenters. The molecule has 1 saturated carbocycles. The molecule has 1 aromatic carbocycles. The molecular weight excluding hydrogens is 350 g/mol. The number of aromatic nitrogens is 1. The van der Waals surface area contributed by atoms with Gasteiger partial charge < -0.3 is 20.5 Å². The Labute approximate surface area is 167 Å². The number of benzene rings is 1. The zero-order chi connectivity index (χ0) is 20.0. The number of carbonyl (C=O) groups excluding carboxylic acids is 1. The predicted molar refractivity (Wildman–Crippen MR) is 116 cm³/mol. The molecule has 2 aromatic rings. The molecule has 1 amide bonds. The van der Waals surface area contributed by atoms with E-state index in [2.05, 4.69) is 51.1 Å². The van der Waals surface area contributed by atoms with Crippen LogP contribution in [0.5, 0.6) is 0 Å². The number of carbonyl (C=O) groups is 1. The van der Waals surface area contributed by atoms with Crippen LogP contribution in [0, 0.1) is 5.41 Å². The third-order valence-electron chi connectivity index (χ3n) is 5.83. The average molecular weight is 384 g/mol.